The van der Waals surface area contributed by atoms with Crippen LogP contribution in [0.2, 0.25) is 0 Å². The molecule has 0 aliphatic carbocycles. The molecule has 1 aliphatic rings. The first-order valence-corrected chi connectivity index (χ1v) is 5.73. The van der Waals surface area contributed by atoms with Gasteiger partial charge in [0, 0.05) is 18.6 Å². The minimum absolute atomic E-state index is 0.110. The fourth-order valence-electron chi connectivity index (χ4n) is 1.75. The minimum Gasteiger partial charge on any atom is -0.496 e. The van der Waals surface area contributed by atoms with E-state index in [1.54, 1.807) is 0 Å². The number of methoxy groups -OCH3 is 1. The van der Waals surface area contributed by atoms with Gasteiger partial charge in [0.15, 0.2) is 0 Å². The first-order chi connectivity index (χ1) is 9.52. The Hall–Kier alpha value is -2.64. The van der Waals surface area contributed by atoms with Gasteiger partial charge in [0.2, 0.25) is 6.10 Å². The second kappa shape index (κ2) is 5.55. The fourth-order valence-corrected chi connectivity index (χ4v) is 1.75. The molecule has 0 saturated carbocycles. The standard InChI is InChI=1S/C12H11NO7/c1-18-9-3-2-7(13(16)17)6-8(9)11(14)20-10-4-5-19-12(10)15/h2-3,6,10H,4-5H2,1H3/t10-/m0/s1. The van der Waals surface area contributed by atoms with Crippen molar-refractivity contribution < 1.29 is 28.7 Å². The Labute approximate surface area is 113 Å². The smallest absolute Gasteiger partial charge is 0.347 e. The maximum absolute atomic E-state index is 12.0. The SMILES string of the molecule is COc1ccc([N+](=O)[O-])cc1C(=O)O[C@H]1CCOC1=O. The molecule has 0 N–H and O–H groups in total. The van der Waals surface area contributed by atoms with Gasteiger partial charge in [-0.25, -0.2) is 9.59 Å². The molecule has 0 aromatic heterocycles. The van der Waals surface area contributed by atoms with Gasteiger partial charge in [-0.1, -0.05) is 0 Å². The Morgan fingerprint density at radius 3 is 2.80 bits per heavy atom. The van der Waals surface area contributed by atoms with Gasteiger partial charge in [0.25, 0.3) is 5.69 Å². The van der Waals surface area contributed by atoms with E-state index in [-0.39, 0.29) is 30.0 Å². The summed E-state index contributed by atoms with van der Waals surface area (Å²) in [6.07, 6.45) is -0.714. The average Bonchev–Trinajstić information content (AvgIpc) is 2.83. The monoisotopic (exact) mass is 281 g/mol. The molecule has 106 valence electrons. The highest BCUT2D eigenvalue weighted by atomic mass is 16.6. The van der Waals surface area contributed by atoms with E-state index in [1.165, 1.54) is 19.2 Å². The summed E-state index contributed by atoms with van der Waals surface area (Å²) in [6.45, 7) is 0.183. The lowest BCUT2D eigenvalue weighted by Gasteiger charge is -2.10. The van der Waals surface area contributed by atoms with Gasteiger partial charge in [0.1, 0.15) is 11.3 Å². The number of ether oxygens (including phenoxy) is 3. The molecule has 0 bridgehead atoms. The molecule has 20 heavy (non-hydrogen) atoms. The van der Waals surface area contributed by atoms with E-state index in [1.807, 2.05) is 0 Å². The summed E-state index contributed by atoms with van der Waals surface area (Å²) >= 11 is 0. The molecule has 1 aliphatic heterocycles. The Bertz CT molecular complexity index is 569. The number of nitro groups is 1. The summed E-state index contributed by atoms with van der Waals surface area (Å²) < 4.78 is 14.6. The van der Waals surface area contributed by atoms with Crippen LogP contribution < -0.4 is 4.74 Å². The van der Waals surface area contributed by atoms with Crippen molar-refractivity contribution >= 4 is 17.6 Å². The molecular formula is C12H11NO7. The molecule has 0 spiro atoms. The lowest BCUT2D eigenvalue weighted by Crippen LogP contribution is -2.23. The number of non-ortho nitro benzene ring substituents is 1. The number of nitro benzene ring substituents is 1. The zero-order valence-electron chi connectivity index (χ0n) is 10.5. The van der Waals surface area contributed by atoms with Gasteiger partial charge in [-0.05, 0) is 6.07 Å². The van der Waals surface area contributed by atoms with Crippen LogP contribution in [0.5, 0.6) is 5.75 Å². The molecule has 0 amide bonds. The van der Waals surface area contributed by atoms with E-state index in [0.717, 1.165) is 6.07 Å². The number of carbonyl (C=O) groups is 2. The Morgan fingerprint density at radius 1 is 1.50 bits per heavy atom. The van der Waals surface area contributed by atoms with Gasteiger partial charge >= 0.3 is 11.9 Å². The molecule has 8 nitrogen and oxygen atoms in total. The van der Waals surface area contributed by atoms with Crippen LogP contribution in [0.25, 0.3) is 0 Å². The van der Waals surface area contributed by atoms with Crippen molar-refractivity contribution in [1.82, 2.24) is 0 Å². The van der Waals surface area contributed by atoms with Gasteiger partial charge in [-0.3, -0.25) is 10.1 Å². The zero-order chi connectivity index (χ0) is 14.7. The zero-order valence-corrected chi connectivity index (χ0v) is 10.5. The molecule has 1 atom stereocenters. The molecule has 1 saturated heterocycles. The first kappa shape index (κ1) is 13.8. The van der Waals surface area contributed by atoms with E-state index >= 15 is 0 Å². The molecule has 0 radical (unpaired) electrons. The topological polar surface area (TPSA) is 105 Å². The van der Waals surface area contributed by atoms with Crippen LogP contribution in [0, 0.1) is 10.1 Å². The van der Waals surface area contributed by atoms with Crippen molar-refractivity contribution in [2.24, 2.45) is 0 Å². The number of hydrogen-bond donors (Lipinski definition) is 0. The fraction of sp³-hybridized carbons (Fsp3) is 0.333. The summed E-state index contributed by atoms with van der Waals surface area (Å²) in [5.74, 6) is -1.36. The van der Waals surface area contributed by atoms with Gasteiger partial charge in [0.05, 0.1) is 18.6 Å². The van der Waals surface area contributed by atoms with E-state index in [2.05, 4.69) is 4.74 Å². The predicted octanol–water partition coefficient (Wildman–Crippen LogP) is 1.08. The van der Waals surface area contributed by atoms with Gasteiger partial charge in [-0.15, -0.1) is 0 Å². The largest absolute Gasteiger partial charge is 0.496 e. The third-order valence-corrected chi connectivity index (χ3v) is 2.75. The molecular weight excluding hydrogens is 270 g/mol. The van der Waals surface area contributed by atoms with Crippen LogP contribution in [0.1, 0.15) is 16.8 Å². The Kier molecular flexibility index (Phi) is 3.83. The highest BCUT2D eigenvalue weighted by Gasteiger charge is 2.31. The van der Waals surface area contributed by atoms with Crippen LogP contribution in [0.4, 0.5) is 5.69 Å². The molecule has 1 heterocycles. The molecule has 1 aromatic rings. The third-order valence-electron chi connectivity index (χ3n) is 2.75. The maximum Gasteiger partial charge on any atom is 0.347 e. The van der Waals surface area contributed by atoms with E-state index in [0.29, 0.717) is 0 Å². The first-order valence-electron chi connectivity index (χ1n) is 5.73. The summed E-state index contributed by atoms with van der Waals surface area (Å²) in [5.41, 5.74) is -0.381. The minimum atomic E-state index is -0.980. The van der Waals surface area contributed by atoms with Crippen LogP contribution in [-0.2, 0) is 14.3 Å². The Morgan fingerprint density at radius 2 is 2.25 bits per heavy atom. The number of benzene rings is 1. The van der Waals surface area contributed by atoms with Crippen LogP contribution in [0.3, 0.4) is 0 Å². The number of esters is 2. The average molecular weight is 281 g/mol. The second-order valence-electron chi connectivity index (χ2n) is 3.99. The van der Waals surface area contributed by atoms with Crippen molar-refractivity contribution in [2.45, 2.75) is 12.5 Å². The van der Waals surface area contributed by atoms with Crippen molar-refractivity contribution in [3.05, 3.63) is 33.9 Å². The van der Waals surface area contributed by atoms with Crippen molar-refractivity contribution in [3.63, 3.8) is 0 Å². The van der Waals surface area contributed by atoms with Crippen LogP contribution >= 0.6 is 0 Å². The van der Waals surface area contributed by atoms with Crippen molar-refractivity contribution in [2.75, 3.05) is 13.7 Å². The lowest BCUT2D eigenvalue weighted by molar-refractivity contribution is -0.384. The summed E-state index contributed by atoms with van der Waals surface area (Å²) in [5, 5.41) is 10.7. The molecule has 2 rings (SSSR count). The highest BCUT2D eigenvalue weighted by Crippen LogP contribution is 2.25. The molecule has 1 aromatic carbocycles. The molecule has 1 fully saturated rings. The number of carbonyl (C=O) groups excluding carboxylic acids is 2. The summed E-state index contributed by atoms with van der Waals surface area (Å²) in [6, 6.07) is 3.54. The van der Waals surface area contributed by atoms with E-state index < -0.39 is 23.0 Å². The molecule has 0 unspecified atom stereocenters. The number of hydrogen-bond acceptors (Lipinski definition) is 7. The van der Waals surface area contributed by atoms with Gasteiger partial charge in [-0.2, -0.15) is 0 Å². The van der Waals surface area contributed by atoms with Gasteiger partial charge < -0.3 is 14.2 Å². The van der Waals surface area contributed by atoms with Crippen LogP contribution in [0.15, 0.2) is 18.2 Å². The van der Waals surface area contributed by atoms with E-state index in [9.17, 15) is 19.7 Å². The lowest BCUT2D eigenvalue weighted by atomic mass is 10.1. The molecule has 8 heteroatoms. The normalized spacial score (nSPS) is 17.4. The quantitative estimate of drug-likeness (QED) is 0.461. The highest BCUT2D eigenvalue weighted by molar-refractivity contribution is 5.95. The van der Waals surface area contributed by atoms with E-state index in [4.69, 9.17) is 9.47 Å². The second-order valence-corrected chi connectivity index (χ2v) is 3.99. The summed E-state index contributed by atoms with van der Waals surface area (Å²) in [4.78, 5) is 33.3. The number of cyclic esters (lactones) is 1. The maximum atomic E-state index is 12.0. The predicted molar refractivity (Wildman–Crippen MR) is 64.4 cm³/mol. The summed E-state index contributed by atoms with van der Waals surface area (Å²) in [7, 11) is 1.32. The van der Waals surface area contributed by atoms with Crippen molar-refractivity contribution in [1.29, 1.82) is 0 Å². The third kappa shape index (κ3) is 2.68. The Balaban J connectivity index is 2.25. The number of nitrogens with zero attached hydrogens (tertiary/aromatic N) is 1. The number of rotatable bonds is 4. The van der Waals surface area contributed by atoms with Crippen LogP contribution in [-0.4, -0.2) is 36.7 Å². The van der Waals surface area contributed by atoms with Crippen molar-refractivity contribution in [3.8, 4) is 5.75 Å².